The zero-order valence-electron chi connectivity index (χ0n) is 11.4. The molecule has 0 fully saturated rings. The lowest BCUT2D eigenvalue weighted by Gasteiger charge is -2.16. The number of amides is 1. The SMILES string of the molecule is CCn1cc([N+](=O)[O-])cc1C(=O)NCC(N)C(C)C. The van der Waals surface area contributed by atoms with Gasteiger partial charge in [0.25, 0.3) is 11.6 Å². The third-order valence-corrected chi connectivity index (χ3v) is 3.02. The lowest BCUT2D eigenvalue weighted by Crippen LogP contribution is -2.40. The van der Waals surface area contributed by atoms with Gasteiger partial charge >= 0.3 is 0 Å². The first-order valence-electron chi connectivity index (χ1n) is 6.25. The Hall–Kier alpha value is -1.89. The number of nitrogens with one attached hydrogen (secondary N) is 1. The lowest BCUT2D eigenvalue weighted by molar-refractivity contribution is -0.384. The summed E-state index contributed by atoms with van der Waals surface area (Å²) in [5, 5.41) is 13.4. The Kier molecular flexibility index (Phi) is 5.05. The van der Waals surface area contributed by atoms with E-state index in [1.54, 1.807) is 4.57 Å². The van der Waals surface area contributed by atoms with Crippen LogP contribution in [0.25, 0.3) is 0 Å². The molecule has 3 N–H and O–H groups in total. The second-order valence-electron chi connectivity index (χ2n) is 4.74. The number of nitrogens with zero attached hydrogens (tertiary/aromatic N) is 2. The van der Waals surface area contributed by atoms with E-state index in [0.717, 1.165) is 0 Å². The molecule has 0 aliphatic heterocycles. The van der Waals surface area contributed by atoms with E-state index in [1.165, 1.54) is 12.3 Å². The van der Waals surface area contributed by atoms with Crippen molar-refractivity contribution in [2.45, 2.75) is 33.4 Å². The number of nitrogens with two attached hydrogens (primary N) is 1. The summed E-state index contributed by atoms with van der Waals surface area (Å²) in [7, 11) is 0. The van der Waals surface area contributed by atoms with Gasteiger partial charge in [0, 0.05) is 25.2 Å². The van der Waals surface area contributed by atoms with Crippen LogP contribution >= 0.6 is 0 Å². The van der Waals surface area contributed by atoms with Crippen LogP contribution in [0.2, 0.25) is 0 Å². The molecular weight excluding hydrogens is 248 g/mol. The molecule has 0 saturated heterocycles. The maximum Gasteiger partial charge on any atom is 0.287 e. The third-order valence-electron chi connectivity index (χ3n) is 3.02. The molecule has 0 spiro atoms. The van der Waals surface area contributed by atoms with Crippen LogP contribution in [0.15, 0.2) is 12.3 Å². The zero-order chi connectivity index (χ0) is 14.6. The number of nitro groups is 1. The van der Waals surface area contributed by atoms with E-state index < -0.39 is 4.92 Å². The van der Waals surface area contributed by atoms with Crippen molar-refractivity contribution in [2.24, 2.45) is 11.7 Å². The molecule has 0 bridgehead atoms. The standard InChI is InChI=1S/C12H20N4O3/c1-4-15-7-9(16(18)19)5-11(15)12(17)14-6-10(13)8(2)3/h5,7-8,10H,4,6,13H2,1-3H3,(H,14,17). The van der Waals surface area contributed by atoms with Gasteiger partial charge in [-0.15, -0.1) is 0 Å². The Morgan fingerprint density at radius 3 is 2.68 bits per heavy atom. The van der Waals surface area contributed by atoms with Crippen LogP contribution < -0.4 is 11.1 Å². The highest BCUT2D eigenvalue weighted by Crippen LogP contribution is 2.16. The molecule has 0 aliphatic carbocycles. The molecule has 0 radical (unpaired) electrons. The van der Waals surface area contributed by atoms with Gasteiger partial charge in [-0.3, -0.25) is 14.9 Å². The van der Waals surface area contributed by atoms with E-state index in [1.807, 2.05) is 20.8 Å². The van der Waals surface area contributed by atoms with Crippen LogP contribution in [0.4, 0.5) is 5.69 Å². The molecule has 1 amide bonds. The summed E-state index contributed by atoms with van der Waals surface area (Å²) in [5.74, 6) is -0.0846. The van der Waals surface area contributed by atoms with Crippen LogP contribution in [-0.2, 0) is 6.54 Å². The Morgan fingerprint density at radius 1 is 1.58 bits per heavy atom. The highest BCUT2D eigenvalue weighted by molar-refractivity contribution is 5.93. The molecule has 7 heteroatoms. The van der Waals surface area contributed by atoms with Crippen molar-refractivity contribution in [3.05, 3.63) is 28.1 Å². The molecule has 0 aliphatic rings. The van der Waals surface area contributed by atoms with Gasteiger partial charge in [-0.1, -0.05) is 13.8 Å². The summed E-state index contributed by atoms with van der Waals surface area (Å²) in [6.45, 7) is 6.60. The highest BCUT2D eigenvalue weighted by Gasteiger charge is 2.19. The minimum Gasteiger partial charge on any atom is -0.349 e. The van der Waals surface area contributed by atoms with Crippen LogP contribution in [0.1, 0.15) is 31.3 Å². The quantitative estimate of drug-likeness (QED) is 0.596. The number of hydrogen-bond acceptors (Lipinski definition) is 4. The summed E-state index contributed by atoms with van der Waals surface area (Å²) in [6.07, 6.45) is 1.36. The molecule has 1 aromatic heterocycles. The largest absolute Gasteiger partial charge is 0.349 e. The molecule has 1 unspecified atom stereocenters. The topological polar surface area (TPSA) is 103 Å². The van der Waals surface area contributed by atoms with Crippen LogP contribution in [0, 0.1) is 16.0 Å². The number of aromatic nitrogens is 1. The van der Waals surface area contributed by atoms with E-state index in [-0.39, 0.29) is 29.2 Å². The first kappa shape index (κ1) is 15.2. The second-order valence-corrected chi connectivity index (χ2v) is 4.74. The molecule has 1 aromatic rings. The van der Waals surface area contributed by atoms with E-state index in [4.69, 9.17) is 5.73 Å². The van der Waals surface area contributed by atoms with Gasteiger partial charge in [-0.25, -0.2) is 0 Å². The smallest absolute Gasteiger partial charge is 0.287 e. The lowest BCUT2D eigenvalue weighted by atomic mass is 10.1. The number of carbonyl (C=O) groups excluding carboxylic acids is 1. The summed E-state index contributed by atoms with van der Waals surface area (Å²) in [5.41, 5.74) is 6.04. The number of carbonyl (C=O) groups is 1. The van der Waals surface area contributed by atoms with Crippen LogP contribution in [0.3, 0.4) is 0 Å². The average Bonchev–Trinajstić information content (AvgIpc) is 2.79. The van der Waals surface area contributed by atoms with Crippen molar-refractivity contribution in [2.75, 3.05) is 6.54 Å². The third kappa shape index (κ3) is 3.78. The van der Waals surface area contributed by atoms with Gasteiger partial charge in [0.2, 0.25) is 0 Å². The van der Waals surface area contributed by atoms with Gasteiger partial charge in [0.05, 0.1) is 11.1 Å². The Labute approximate surface area is 111 Å². The average molecular weight is 268 g/mol. The fourth-order valence-corrected chi connectivity index (χ4v) is 1.58. The monoisotopic (exact) mass is 268 g/mol. The Bertz CT molecular complexity index is 468. The summed E-state index contributed by atoms with van der Waals surface area (Å²) in [6, 6.07) is 1.14. The van der Waals surface area contributed by atoms with E-state index in [0.29, 0.717) is 13.1 Å². The van der Waals surface area contributed by atoms with Gasteiger partial charge < -0.3 is 15.6 Å². The van der Waals surface area contributed by atoms with Crippen molar-refractivity contribution >= 4 is 11.6 Å². The van der Waals surface area contributed by atoms with E-state index >= 15 is 0 Å². The molecular formula is C12H20N4O3. The summed E-state index contributed by atoms with van der Waals surface area (Å²) >= 11 is 0. The van der Waals surface area contributed by atoms with Gasteiger partial charge in [-0.2, -0.15) is 0 Å². The second kappa shape index (κ2) is 6.33. The van der Waals surface area contributed by atoms with Crippen LogP contribution in [0.5, 0.6) is 0 Å². The van der Waals surface area contributed by atoms with Crippen LogP contribution in [-0.4, -0.2) is 28.0 Å². The molecule has 0 aromatic carbocycles. The van der Waals surface area contributed by atoms with Gasteiger partial charge in [0.15, 0.2) is 0 Å². The van der Waals surface area contributed by atoms with E-state index in [2.05, 4.69) is 5.32 Å². The molecule has 1 heterocycles. The fraction of sp³-hybridized carbons (Fsp3) is 0.583. The maximum atomic E-state index is 12.0. The molecule has 7 nitrogen and oxygen atoms in total. The van der Waals surface area contributed by atoms with E-state index in [9.17, 15) is 14.9 Å². The Balaban J connectivity index is 2.79. The highest BCUT2D eigenvalue weighted by atomic mass is 16.6. The number of rotatable bonds is 6. The molecule has 19 heavy (non-hydrogen) atoms. The van der Waals surface area contributed by atoms with Crippen molar-refractivity contribution in [3.63, 3.8) is 0 Å². The van der Waals surface area contributed by atoms with Crippen molar-refractivity contribution in [1.82, 2.24) is 9.88 Å². The zero-order valence-corrected chi connectivity index (χ0v) is 11.4. The van der Waals surface area contributed by atoms with Crippen molar-refractivity contribution in [1.29, 1.82) is 0 Å². The Morgan fingerprint density at radius 2 is 2.21 bits per heavy atom. The van der Waals surface area contributed by atoms with Crippen molar-refractivity contribution < 1.29 is 9.72 Å². The van der Waals surface area contributed by atoms with Gasteiger partial charge in [0.1, 0.15) is 5.69 Å². The minimum absolute atomic E-state index is 0.0832. The fourth-order valence-electron chi connectivity index (χ4n) is 1.58. The number of hydrogen-bond donors (Lipinski definition) is 2. The van der Waals surface area contributed by atoms with Crippen molar-refractivity contribution in [3.8, 4) is 0 Å². The summed E-state index contributed by atoms with van der Waals surface area (Å²) in [4.78, 5) is 22.2. The minimum atomic E-state index is -0.511. The molecule has 106 valence electrons. The normalized spacial score (nSPS) is 12.5. The molecule has 1 rings (SSSR count). The predicted octanol–water partition coefficient (Wildman–Crippen LogP) is 1.13. The predicted molar refractivity (Wildman–Crippen MR) is 71.9 cm³/mol. The number of aryl methyl sites for hydroxylation is 1. The molecule has 1 atom stereocenters. The maximum absolute atomic E-state index is 12.0. The summed E-state index contributed by atoms with van der Waals surface area (Å²) < 4.78 is 1.55. The van der Waals surface area contributed by atoms with Gasteiger partial charge in [-0.05, 0) is 12.8 Å². The first-order chi connectivity index (χ1) is 8.86. The molecule has 0 saturated carbocycles. The first-order valence-corrected chi connectivity index (χ1v) is 6.25.